The molecule has 0 aliphatic heterocycles. The quantitative estimate of drug-likeness (QED) is 0.862. The summed E-state index contributed by atoms with van der Waals surface area (Å²) in [6.45, 7) is 3.74. The molecular formula is C10H15NO4S. The standard InChI is InChI=1S/C10H15NO4S/c1-7(2)15-9-5-4-8(16(11,12)13)6-10(9)14-3/h4-7H,1-3H3,(H2,11,12,13). The average molecular weight is 245 g/mol. The van der Waals surface area contributed by atoms with Crippen molar-refractivity contribution in [2.75, 3.05) is 7.11 Å². The van der Waals surface area contributed by atoms with E-state index in [2.05, 4.69) is 0 Å². The van der Waals surface area contributed by atoms with Gasteiger partial charge >= 0.3 is 0 Å². The lowest BCUT2D eigenvalue weighted by Crippen LogP contribution is -2.13. The first-order valence-electron chi connectivity index (χ1n) is 4.72. The molecule has 16 heavy (non-hydrogen) atoms. The Balaban J connectivity index is 3.17. The summed E-state index contributed by atoms with van der Waals surface area (Å²) in [5, 5.41) is 5.01. The maximum Gasteiger partial charge on any atom is 0.238 e. The van der Waals surface area contributed by atoms with E-state index in [0.29, 0.717) is 11.5 Å². The molecule has 6 heteroatoms. The summed E-state index contributed by atoms with van der Waals surface area (Å²) in [7, 11) is -2.28. The lowest BCUT2D eigenvalue weighted by Gasteiger charge is -2.13. The Hall–Kier alpha value is -1.27. The second-order valence-corrected chi connectivity index (χ2v) is 5.09. The Bertz CT molecular complexity index is 468. The second-order valence-electron chi connectivity index (χ2n) is 3.52. The SMILES string of the molecule is COc1cc(S(N)(=O)=O)ccc1OC(C)C. The van der Waals surface area contributed by atoms with Crippen LogP contribution in [-0.4, -0.2) is 21.6 Å². The van der Waals surface area contributed by atoms with Crippen LogP contribution in [0.25, 0.3) is 0 Å². The fraction of sp³-hybridized carbons (Fsp3) is 0.400. The molecule has 0 unspecified atom stereocenters. The van der Waals surface area contributed by atoms with E-state index < -0.39 is 10.0 Å². The molecule has 0 spiro atoms. The maximum absolute atomic E-state index is 11.1. The predicted molar refractivity (Wildman–Crippen MR) is 60.1 cm³/mol. The molecule has 0 saturated heterocycles. The number of sulfonamides is 1. The lowest BCUT2D eigenvalue weighted by molar-refractivity contribution is 0.230. The zero-order chi connectivity index (χ0) is 12.3. The van der Waals surface area contributed by atoms with Gasteiger partial charge in [-0.05, 0) is 26.0 Å². The molecule has 1 aromatic carbocycles. The molecule has 0 fully saturated rings. The van der Waals surface area contributed by atoms with Gasteiger partial charge < -0.3 is 9.47 Å². The number of hydrogen-bond donors (Lipinski definition) is 1. The number of nitrogens with two attached hydrogens (primary N) is 1. The number of methoxy groups -OCH3 is 1. The molecule has 0 amide bonds. The number of rotatable bonds is 4. The molecule has 0 radical (unpaired) electrons. The molecule has 1 rings (SSSR count). The first-order chi connectivity index (χ1) is 7.34. The third-order valence-electron chi connectivity index (χ3n) is 1.83. The Morgan fingerprint density at radius 2 is 1.88 bits per heavy atom. The lowest BCUT2D eigenvalue weighted by atomic mass is 10.3. The minimum atomic E-state index is -3.72. The third-order valence-corrected chi connectivity index (χ3v) is 2.74. The van der Waals surface area contributed by atoms with Crippen molar-refractivity contribution in [1.29, 1.82) is 0 Å². The first-order valence-corrected chi connectivity index (χ1v) is 6.26. The van der Waals surface area contributed by atoms with Gasteiger partial charge in [0.05, 0.1) is 18.1 Å². The molecule has 0 aliphatic rings. The summed E-state index contributed by atoms with van der Waals surface area (Å²) in [4.78, 5) is 0.000422. The molecule has 2 N–H and O–H groups in total. The van der Waals surface area contributed by atoms with E-state index in [0.717, 1.165) is 0 Å². The number of hydrogen-bond acceptors (Lipinski definition) is 4. The van der Waals surface area contributed by atoms with Crippen molar-refractivity contribution in [1.82, 2.24) is 0 Å². The average Bonchev–Trinajstić information content (AvgIpc) is 2.15. The molecule has 0 atom stereocenters. The Kier molecular flexibility index (Phi) is 3.77. The highest BCUT2D eigenvalue weighted by atomic mass is 32.2. The summed E-state index contributed by atoms with van der Waals surface area (Å²) in [5.41, 5.74) is 0. The Morgan fingerprint density at radius 3 is 2.31 bits per heavy atom. The van der Waals surface area contributed by atoms with Crippen LogP contribution in [0, 0.1) is 0 Å². The first kappa shape index (κ1) is 12.8. The molecule has 0 aliphatic carbocycles. The van der Waals surface area contributed by atoms with Crippen molar-refractivity contribution in [2.45, 2.75) is 24.8 Å². The number of ether oxygens (including phenoxy) is 2. The van der Waals surface area contributed by atoms with E-state index in [-0.39, 0.29) is 11.0 Å². The molecule has 0 bridgehead atoms. The number of primary sulfonamides is 1. The van der Waals surface area contributed by atoms with Gasteiger partial charge in [0, 0.05) is 6.07 Å². The van der Waals surface area contributed by atoms with Crippen molar-refractivity contribution < 1.29 is 17.9 Å². The van der Waals surface area contributed by atoms with Gasteiger partial charge in [-0.15, -0.1) is 0 Å². The minimum absolute atomic E-state index is 0.000422. The van der Waals surface area contributed by atoms with Crippen LogP contribution in [0.15, 0.2) is 23.1 Å². The normalized spacial score (nSPS) is 11.6. The van der Waals surface area contributed by atoms with Gasteiger partial charge in [0.1, 0.15) is 0 Å². The van der Waals surface area contributed by atoms with Crippen LogP contribution in [0.5, 0.6) is 11.5 Å². The van der Waals surface area contributed by atoms with Crippen LogP contribution >= 0.6 is 0 Å². The highest BCUT2D eigenvalue weighted by Crippen LogP contribution is 2.30. The zero-order valence-corrected chi connectivity index (χ0v) is 10.2. The van der Waals surface area contributed by atoms with Crippen LogP contribution < -0.4 is 14.6 Å². The summed E-state index contributed by atoms with van der Waals surface area (Å²) in [6, 6.07) is 4.25. The van der Waals surface area contributed by atoms with Crippen LogP contribution in [0.3, 0.4) is 0 Å². The van der Waals surface area contributed by atoms with Crippen molar-refractivity contribution in [3.05, 3.63) is 18.2 Å². The van der Waals surface area contributed by atoms with Gasteiger partial charge in [-0.25, -0.2) is 13.6 Å². The monoisotopic (exact) mass is 245 g/mol. The minimum Gasteiger partial charge on any atom is -0.493 e. The van der Waals surface area contributed by atoms with E-state index in [4.69, 9.17) is 14.6 Å². The number of benzene rings is 1. The van der Waals surface area contributed by atoms with Gasteiger partial charge in [0.15, 0.2) is 11.5 Å². The topological polar surface area (TPSA) is 78.6 Å². The fourth-order valence-corrected chi connectivity index (χ4v) is 1.71. The summed E-state index contributed by atoms with van der Waals surface area (Å²) < 4.78 is 32.7. The van der Waals surface area contributed by atoms with E-state index >= 15 is 0 Å². The van der Waals surface area contributed by atoms with E-state index in [1.54, 1.807) is 0 Å². The van der Waals surface area contributed by atoms with Gasteiger partial charge in [0.2, 0.25) is 10.0 Å². The van der Waals surface area contributed by atoms with E-state index in [1.165, 1.54) is 25.3 Å². The van der Waals surface area contributed by atoms with E-state index in [1.807, 2.05) is 13.8 Å². The smallest absolute Gasteiger partial charge is 0.238 e. The summed E-state index contributed by atoms with van der Waals surface area (Å²) >= 11 is 0. The molecule has 1 aromatic rings. The second kappa shape index (κ2) is 4.71. The molecule has 0 aromatic heterocycles. The zero-order valence-electron chi connectivity index (χ0n) is 9.43. The summed E-state index contributed by atoms with van der Waals surface area (Å²) in [6.07, 6.45) is -0.0192. The molecule has 0 heterocycles. The van der Waals surface area contributed by atoms with Crippen LogP contribution in [0.4, 0.5) is 0 Å². The maximum atomic E-state index is 11.1. The molecule has 0 saturated carbocycles. The van der Waals surface area contributed by atoms with Crippen molar-refractivity contribution in [3.63, 3.8) is 0 Å². The van der Waals surface area contributed by atoms with Crippen LogP contribution in [0.1, 0.15) is 13.8 Å². The van der Waals surface area contributed by atoms with Crippen molar-refractivity contribution in [2.24, 2.45) is 5.14 Å². The van der Waals surface area contributed by atoms with Crippen LogP contribution in [-0.2, 0) is 10.0 Å². The molecule has 5 nitrogen and oxygen atoms in total. The van der Waals surface area contributed by atoms with Gasteiger partial charge in [-0.1, -0.05) is 0 Å². The molecular weight excluding hydrogens is 230 g/mol. The van der Waals surface area contributed by atoms with Gasteiger partial charge in [0.25, 0.3) is 0 Å². The van der Waals surface area contributed by atoms with Crippen molar-refractivity contribution >= 4 is 10.0 Å². The Labute approximate surface area is 95.2 Å². The Morgan fingerprint density at radius 1 is 1.25 bits per heavy atom. The van der Waals surface area contributed by atoms with Crippen molar-refractivity contribution in [3.8, 4) is 11.5 Å². The predicted octanol–water partition coefficient (Wildman–Crippen LogP) is 1.13. The molecule has 90 valence electrons. The summed E-state index contributed by atoms with van der Waals surface area (Å²) in [5.74, 6) is 0.838. The third kappa shape index (κ3) is 3.11. The largest absolute Gasteiger partial charge is 0.493 e. The highest BCUT2D eigenvalue weighted by Gasteiger charge is 2.13. The van der Waals surface area contributed by atoms with Gasteiger partial charge in [-0.3, -0.25) is 0 Å². The highest BCUT2D eigenvalue weighted by molar-refractivity contribution is 7.89. The van der Waals surface area contributed by atoms with Gasteiger partial charge in [-0.2, -0.15) is 0 Å². The van der Waals surface area contributed by atoms with E-state index in [9.17, 15) is 8.42 Å². The van der Waals surface area contributed by atoms with Crippen LogP contribution in [0.2, 0.25) is 0 Å². The fourth-order valence-electron chi connectivity index (χ4n) is 1.18.